The van der Waals surface area contributed by atoms with E-state index in [0.29, 0.717) is 5.92 Å². The maximum Gasteiger partial charge on any atom is 0.126 e. The Morgan fingerprint density at radius 2 is 2.00 bits per heavy atom. The van der Waals surface area contributed by atoms with Gasteiger partial charge in [0, 0.05) is 12.5 Å². The van der Waals surface area contributed by atoms with E-state index in [9.17, 15) is 0 Å². The number of imidazole rings is 1. The van der Waals surface area contributed by atoms with Gasteiger partial charge in [0.15, 0.2) is 0 Å². The first-order valence-corrected chi connectivity index (χ1v) is 6.27. The first-order chi connectivity index (χ1) is 7.42. The Morgan fingerprint density at radius 1 is 1.38 bits per heavy atom. The minimum Gasteiger partial charge on any atom is -0.384 e. The minimum absolute atomic E-state index is 0.252. The highest BCUT2D eigenvalue weighted by molar-refractivity contribution is 5.40. The summed E-state index contributed by atoms with van der Waals surface area (Å²) < 4.78 is 2.19. The summed E-state index contributed by atoms with van der Waals surface area (Å²) in [5.74, 6) is 2.79. The predicted molar refractivity (Wildman–Crippen MR) is 67.4 cm³/mol. The molecule has 0 amide bonds. The summed E-state index contributed by atoms with van der Waals surface area (Å²) in [6.07, 6.45) is 3.53. The molecule has 90 valence electrons. The van der Waals surface area contributed by atoms with E-state index in [1.54, 1.807) is 0 Å². The highest BCUT2D eigenvalue weighted by atomic mass is 15.1. The fourth-order valence-corrected chi connectivity index (χ4v) is 2.15. The van der Waals surface area contributed by atoms with Gasteiger partial charge in [-0.25, -0.2) is 4.98 Å². The molecule has 0 spiro atoms. The lowest BCUT2D eigenvalue weighted by molar-refractivity contribution is 0.407. The van der Waals surface area contributed by atoms with E-state index in [1.165, 1.54) is 18.7 Å². The average Bonchev–Trinajstić information content (AvgIpc) is 2.93. The van der Waals surface area contributed by atoms with Gasteiger partial charge in [-0.2, -0.15) is 0 Å². The van der Waals surface area contributed by atoms with Crippen molar-refractivity contribution in [1.82, 2.24) is 9.55 Å². The molecular weight excluding hydrogens is 198 g/mol. The van der Waals surface area contributed by atoms with E-state index in [2.05, 4.69) is 32.3 Å². The molecule has 0 aromatic carbocycles. The van der Waals surface area contributed by atoms with Crippen molar-refractivity contribution in [2.24, 2.45) is 5.41 Å². The first-order valence-electron chi connectivity index (χ1n) is 6.27. The summed E-state index contributed by atoms with van der Waals surface area (Å²) in [6.45, 7) is 9.77. The Morgan fingerprint density at radius 3 is 2.44 bits per heavy atom. The summed E-state index contributed by atoms with van der Waals surface area (Å²) in [5.41, 5.74) is 7.53. The standard InChI is InChI=1S/C13H23N3/c1-5-16-11(14)10(8-13(2,3)4)15-12(16)9-6-7-9/h9H,5-8,14H2,1-4H3. The van der Waals surface area contributed by atoms with Gasteiger partial charge >= 0.3 is 0 Å². The van der Waals surface area contributed by atoms with Gasteiger partial charge in [-0.3, -0.25) is 0 Å². The molecule has 16 heavy (non-hydrogen) atoms. The van der Waals surface area contributed by atoms with Crippen molar-refractivity contribution >= 4 is 5.82 Å². The molecule has 2 N–H and O–H groups in total. The number of anilines is 1. The molecular formula is C13H23N3. The van der Waals surface area contributed by atoms with E-state index in [1.807, 2.05) is 0 Å². The molecule has 0 saturated heterocycles. The van der Waals surface area contributed by atoms with Crippen LogP contribution in [0.5, 0.6) is 0 Å². The summed E-state index contributed by atoms with van der Waals surface area (Å²) in [5, 5.41) is 0. The van der Waals surface area contributed by atoms with Crippen LogP contribution in [-0.2, 0) is 13.0 Å². The number of aromatic nitrogens is 2. The molecule has 1 aromatic rings. The lowest BCUT2D eigenvalue weighted by atomic mass is 9.90. The summed E-state index contributed by atoms with van der Waals surface area (Å²) >= 11 is 0. The SMILES string of the molecule is CCn1c(C2CC2)nc(CC(C)(C)C)c1N. The van der Waals surface area contributed by atoms with Gasteiger partial charge in [-0.1, -0.05) is 20.8 Å². The normalized spacial score (nSPS) is 16.8. The molecule has 1 aliphatic carbocycles. The largest absolute Gasteiger partial charge is 0.384 e. The quantitative estimate of drug-likeness (QED) is 0.852. The van der Waals surface area contributed by atoms with Crippen LogP contribution < -0.4 is 5.73 Å². The molecule has 2 rings (SSSR count). The van der Waals surface area contributed by atoms with Crippen LogP contribution in [0.2, 0.25) is 0 Å². The average molecular weight is 221 g/mol. The van der Waals surface area contributed by atoms with E-state index in [4.69, 9.17) is 10.7 Å². The zero-order valence-corrected chi connectivity index (χ0v) is 10.9. The molecule has 1 saturated carbocycles. The zero-order chi connectivity index (χ0) is 11.9. The van der Waals surface area contributed by atoms with Crippen LogP contribution >= 0.6 is 0 Å². The number of nitrogen functional groups attached to an aromatic ring is 1. The second-order valence-corrected chi connectivity index (χ2v) is 6.06. The van der Waals surface area contributed by atoms with E-state index < -0.39 is 0 Å². The Labute approximate surface area is 98.1 Å². The van der Waals surface area contributed by atoms with Crippen molar-refractivity contribution < 1.29 is 0 Å². The molecule has 3 heteroatoms. The molecule has 0 atom stereocenters. The van der Waals surface area contributed by atoms with Gasteiger partial charge in [-0.05, 0) is 31.6 Å². The summed E-state index contributed by atoms with van der Waals surface area (Å²) in [7, 11) is 0. The summed E-state index contributed by atoms with van der Waals surface area (Å²) in [4.78, 5) is 4.77. The molecule has 0 bridgehead atoms. The maximum atomic E-state index is 6.19. The molecule has 1 heterocycles. The second kappa shape index (κ2) is 3.79. The highest BCUT2D eigenvalue weighted by Crippen LogP contribution is 2.41. The number of rotatable bonds is 3. The van der Waals surface area contributed by atoms with Gasteiger partial charge in [0.25, 0.3) is 0 Å². The number of nitrogens with zero attached hydrogens (tertiary/aromatic N) is 2. The Balaban J connectivity index is 2.32. The Kier molecular flexibility index (Phi) is 2.72. The molecule has 0 aliphatic heterocycles. The Bertz CT molecular complexity index is 381. The molecule has 3 nitrogen and oxygen atoms in total. The van der Waals surface area contributed by atoms with Crippen molar-refractivity contribution in [3.8, 4) is 0 Å². The molecule has 1 aliphatic rings. The van der Waals surface area contributed by atoms with Crippen LogP contribution in [0.3, 0.4) is 0 Å². The third kappa shape index (κ3) is 2.23. The second-order valence-electron chi connectivity index (χ2n) is 6.06. The lowest BCUT2D eigenvalue weighted by Crippen LogP contribution is -2.11. The van der Waals surface area contributed by atoms with Crippen LogP contribution in [0.25, 0.3) is 0 Å². The van der Waals surface area contributed by atoms with Crippen LogP contribution in [0.15, 0.2) is 0 Å². The number of hydrogen-bond donors (Lipinski definition) is 1. The van der Waals surface area contributed by atoms with Crippen molar-refractivity contribution in [2.45, 2.75) is 59.4 Å². The van der Waals surface area contributed by atoms with Gasteiger partial charge < -0.3 is 10.3 Å². The lowest BCUT2D eigenvalue weighted by Gasteiger charge is -2.16. The number of hydrogen-bond acceptors (Lipinski definition) is 2. The zero-order valence-electron chi connectivity index (χ0n) is 10.9. The molecule has 0 radical (unpaired) electrons. The molecule has 1 fully saturated rings. The highest BCUT2D eigenvalue weighted by Gasteiger charge is 2.30. The molecule has 0 unspecified atom stereocenters. The van der Waals surface area contributed by atoms with Gasteiger partial charge in [0.05, 0.1) is 5.69 Å². The van der Waals surface area contributed by atoms with Crippen LogP contribution in [0, 0.1) is 5.41 Å². The van der Waals surface area contributed by atoms with E-state index >= 15 is 0 Å². The smallest absolute Gasteiger partial charge is 0.126 e. The van der Waals surface area contributed by atoms with Crippen molar-refractivity contribution in [2.75, 3.05) is 5.73 Å². The predicted octanol–water partition coefficient (Wildman–Crippen LogP) is 2.95. The third-order valence-corrected chi connectivity index (χ3v) is 3.07. The maximum absolute atomic E-state index is 6.19. The monoisotopic (exact) mass is 221 g/mol. The first kappa shape index (κ1) is 11.5. The topological polar surface area (TPSA) is 43.8 Å². The van der Waals surface area contributed by atoms with Gasteiger partial charge in [0.1, 0.15) is 11.6 Å². The fourth-order valence-electron chi connectivity index (χ4n) is 2.15. The van der Waals surface area contributed by atoms with E-state index in [-0.39, 0.29) is 5.41 Å². The minimum atomic E-state index is 0.252. The molecule has 1 aromatic heterocycles. The van der Waals surface area contributed by atoms with Crippen LogP contribution in [-0.4, -0.2) is 9.55 Å². The summed E-state index contributed by atoms with van der Waals surface area (Å²) in [6, 6.07) is 0. The van der Waals surface area contributed by atoms with Crippen LogP contribution in [0.1, 0.15) is 58.0 Å². The number of nitrogens with two attached hydrogens (primary N) is 1. The van der Waals surface area contributed by atoms with Crippen LogP contribution in [0.4, 0.5) is 5.82 Å². The van der Waals surface area contributed by atoms with Gasteiger partial charge in [0.2, 0.25) is 0 Å². The van der Waals surface area contributed by atoms with Crippen molar-refractivity contribution in [1.29, 1.82) is 0 Å². The van der Waals surface area contributed by atoms with E-state index in [0.717, 1.165) is 24.5 Å². The van der Waals surface area contributed by atoms with Gasteiger partial charge in [-0.15, -0.1) is 0 Å². The van der Waals surface area contributed by atoms with Crippen molar-refractivity contribution in [3.05, 3.63) is 11.5 Å². The Hall–Kier alpha value is -0.990. The van der Waals surface area contributed by atoms with Crippen molar-refractivity contribution in [3.63, 3.8) is 0 Å². The third-order valence-electron chi connectivity index (χ3n) is 3.07. The fraction of sp³-hybridized carbons (Fsp3) is 0.769.